The number of aromatic nitrogens is 2. The van der Waals surface area contributed by atoms with Gasteiger partial charge in [0.05, 0.1) is 5.69 Å². The van der Waals surface area contributed by atoms with Gasteiger partial charge in [0.2, 0.25) is 0 Å². The zero-order valence-corrected chi connectivity index (χ0v) is 9.88. The fourth-order valence-corrected chi connectivity index (χ4v) is 2.05. The Bertz CT molecular complexity index is 451. The van der Waals surface area contributed by atoms with Crippen LogP contribution in [0.3, 0.4) is 0 Å². The molecule has 0 amide bonds. The van der Waals surface area contributed by atoms with E-state index in [0.29, 0.717) is 0 Å². The summed E-state index contributed by atoms with van der Waals surface area (Å²) >= 11 is 9.45. The molecule has 0 radical (unpaired) electrons. The van der Waals surface area contributed by atoms with Crippen LogP contribution in [-0.2, 0) is 0 Å². The zero-order chi connectivity index (χ0) is 10.1. The minimum Gasteiger partial charge on any atom is -0.240 e. The summed E-state index contributed by atoms with van der Waals surface area (Å²) in [6.45, 7) is 1.97. The van der Waals surface area contributed by atoms with Gasteiger partial charge in [-0.15, -0.1) is 0 Å². The molecule has 0 saturated heterocycles. The van der Waals surface area contributed by atoms with E-state index in [1.165, 1.54) is 0 Å². The number of halogens is 2. The fourth-order valence-electron chi connectivity index (χ4n) is 1.23. The third kappa shape index (κ3) is 1.70. The van der Waals surface area contributed by atoms with E-state index in [-0.39, 0.29) is 0 Å². The highest BCUT2D eigenvalue weighted by atomic mass is 79.9. The molecule has 0 unspecified atom stereocenters. The predicted octanol–water partition coefficient (Wildman–Crippen LogP) is 3.60. The molecular formula is C10H8BrClN2. The van der Waals surface area contributed by atoms with Gasteiger partial charge in [0.1, 0.15) is 0 Å². The highest BCUT2D eigenvalue weighted by Gasteiger charge is 2.05. The van der Waals surface area contributed by atoms with Gasteiger partial charge in [-0.2, -0.15) is 5.10 Å². The fraction of sp³-hybridized carbons (Fsp3) is 0.100. The van der Waals surface area contributed by atoms with Crippen LogP contribution in [0.5, 0.6) is 0 Å². The molecule has 0 fully saturated rings. The van der Waals surface area contributed by atoms with Crippen LogP contribution in [0.15, 0.2) is 35.1 Å². The van der Waals surface area contributed by atoms with Crippen molar-refractivity contribution in [1.29, 1.82) is 0 Å². The topological polar surface area (TPSA) is 17.8 Å². The molecule has 2 nitrogen and oxygen atoms in total. The Kier molecular flexibility index (Phi) is 2.61. The van der Waals surface area contributed by atoms with E-state index in [9.17, 15) is 0 Å². The lowest BCUT2D eigenvalue weighted by molar-refractivity contribution is 0.875. The van der Waals surface area contributed by atoms with Crippen molar-refractivity contribution in [3.63, 3.8) is 0 Å². The summed E-state index contributed by atoms with van der Waals surface area (Å²) in [6.07, 6.45) is 3.64. The molecule has 0 aliphatic carbocycles. The summed E-state index contributed by atoms with van der Waals surface area (Å²) in [4.78, 5) is 0. The first-order valence-electron chi connectivity index (χ1n) is 4.14. The Balaban J connectivity index is 2.60. The molecule has 1 heterocycles. The highest BCUT2D eigenvalue weighted by molar-refractivity contribution is 9.10. The van der Waals surface area contributed by atoms with Crippen LogP contribution < -0.4 is 0 Å². The van der Waals surface area contributed by atoms with Crippen molar-refractivity contribution in [3.05, 3.63) is 45.7 Å². The number of benzene rings is 1. The second kappa shape index (κ2) is 3.75. The molecule has 0 bridgehead atoms. The molecule has 0 N–H and O–H groups in total. The molecule has 1 aromatic carbocycles. The van der Waals surface area contributed by atoms with Gasteiger partial charge in [-0.1, -0.05) is 11.6 Å². The highest BCUT2D eigenvalue weighted by Crippen LogP contribution is 2.27. The number of nitrogens with zero attached hydrogens (tertiary/aromatic N) is 2. The average Bonchev–Trinajstić information content (AvgIpc) is 2.64. The molecule has 0 atom stereocenters. The molecule has 0 spiro atoms. The van der Waals surface area contributed by atoms with Crippen LogP contribution in [0.25, 0.3) is 5.69 Å². The Morgan fingerprint density at radius 1 is 1.43 bits per heavy atom. The lowest BCUT2D eigenvalue weighted by atomic mass is 10.2. The third-order valence-electron chi connectivity index (χ3n) is 1.98. The maximum absolute atomic E-state index is 5.99. The molecule has 72 valence electrons. The lowest BCUT2D eigenvalue weighted by Gasteiger charge is -2.07. The van der Waals surface area contributed by atoms with Crippen molar-refractivity contribution in [3.8, 4) is 5.69 Å². The Labute approximate surface area is 95.6 Å². The van der Waals surface area contributed by atoms with Crippen LogP contribution in [0, 0.1) is 6.92 Å². The maximum atomic E-state index is 5.99. The summed E-state index contributed by atoms with van der Waals surface area (Å²) in [7, 11) is 0. The van der Waals surface area contributed by atoms with E-state index in [4.69, 9.17) is 11.6 Å². The number of hydrogen-bond donors (Lipinski definition) is 0. The monoisotopic (exact) mass is 270 g/mol. The zero-order valence-electron chi connectivity index (χ0n) is 7.54. The van der Waals surface area contributed by atoms with Gasteiger partial charge >= 0.3 is 0 Å². The standard InChI is InChI=1S/C10H8BrClN2/c1-7-5-10(8(11)6-9(7)12)14-4-2-3-13-14/h2-6H,1H3. The van der Waals surface area contributed by atoms with E-state index < -0.39 is 0 Å². The average molecular weight is 272 g/mol. The Morgan fingerprint density at radius 3 is 2.86 bits per heavy atom. The summed E-state index contributed by atoms with van der Waals surface area (Å²) in [6, 6.07) is 5.77. The van der Waals surface area contributed by atoms with Gasteiger partial charge in [-0.25, -0.2) is 4.68 Å². The summed E-state index contributed by atoms with van der Waals surface area (Å²) in [5, 5.41) is 4.92. The molecule has 1 aromatic heterocycles. The van der Waals surface area contributed by atoms with Gasteiger partial charge in [0.15, 0.2) is 0 Å². The maximum Gasteiger partial charge on any atom is 0.0791 e. The SMILES string of the molecule is Cc1cc(-n2cccn2)c(Br)cc1Cl. The normalized spacial score (nSPS) is 10.5. The summed E-state index contributed by atoms with van der Waals surface area (Å²) in [5.74, 6) is 0. The third-order valence-corrected chi connectivity index (χ3v) is 3.02. The number of hydrogen-bond acceptors (Lipinski definition) is 1. The molecule has 2 rings (SSSR count). The van der Waals surface area contributed by atoms with Gasteiger partial charge in [-0.3, -0.25) is 0 Å². The Morgan fingerprint density at radius 2 is 2.21 bits per heavy atom. The predicted molar refractivity (Wildman–Crippen MR) is 61.0 cm³/mol. The van der Waals surface area contributed by atoms with E-state index in [1.807, 2.05) is 31.3 Å². The number of rotatable bonds is 1. The smallest absolute Gasteiger partial charge is 0.0791 e. The van der Waals surface area contributed by atoms with Crippen LogP contribution in [0.1, 0.15) is 5.56 Å². The molecule has 14 heavy (non-hydrogen) atoms. The first-order chi connectivity index (χ1) is 6.68. The van der Waals surface area contributed by atoms with Crippen molar-refractivity contribution in [1.82, 2.24) is 9.78 Å². The van der Waals surface area contributed by atoms with Gasteiger partial charge in [-0.05, 0) is 46.6 Å². The van der Waals surface area contributed by atoms with Crippen LogP contribution in [0.4, 0.5) is 0 Å². The van der Waals surface area contributed by atoms with Crippen molar-refractivity contribution in [2.75, 3.05) is 0 Å². The largest absolute Gasteiger partial charge is 0.240 e. The first-order valence-corrected chi connectivity index (χ1v) is 5.31. The van der Waals surface area contributed by atoms with Crippen molar-refractivity contribution in [2.24, 2.45) is 0 Å². The minimum atomic E-state index is 0.757. The van der Waals surface area contributed by atoms with Crippen LogP contribution in [-0.4, -0.2) is 9.78 Å². The minimum absolute atomic E-state index is 0.757. The van der Waals surface area contributed by atoms with Crippen molar-refractivity contribution < 1.29 is 0 Å². The lowest BCUT2D eigenvalue weighted by Crippen LogP contribution is -1.96. The second-order valence-corrected chi connectivity index (χ2v) is 4.26. The molecule has 2 aromatic rings. The summed E-state index contributed by atoms with van der Waals surface area (Å²) in [5.41, 5.74) is 2.04. The van der Waals surface area contributed by atoms with Crippen molar-refractivity contribution in [2.45, 2.75) is 6.92 Å². The summed E-state index contributed by atoms with van der Waals surface area (Å²) < 4.78 is 2.74. The van der Waals surface area contributed by atoms with Crippen molar-refractivity contribution >= 4 is 27.5 Å². The van der Waals surface area contributed by atoms with Crippen LogP contribution >= 0.6 is 27.5 Å². The second-order valence-electron chi connectivity index (χ2n) is 3.00. The molecule has 0 aliphatic heterocycles. The molecule has 4 heteroatoms. The molecule has 0 aliphatic rings. The van der Waals surface area contributed by atoms with Gasteiger partial charge < -0.3 is 0 Å². The number of aryl methyl sites for hydroxylation is 1. The Hall–Kier alpha value is -0.800. The quantitative estimate of drug-likeness (QED) is 0.775. The van der Waals surface area contributed by atoms with E-state index in [1.54, 1.807) is 10.9 Å². The van der Waals surface area contributed by atoms with E-state index in [2.05, 4.69) is 21.0 Å². The van der Waals surface area contributed by atoms with Gasteiger partial charge in [0, 0.05) is 21.9 Å². The van der Waals surface area contributed by atoms with E-state index in [0.717, 1.165) is 20.7 Å². The first kappa shape index (κ1) is 9.74. The van der Waals surface area contributed by atoms with Crippen LogP contribution in [0.2, 0.25) is 5.02 Å². The molecule has 0 saturated carbocycles. The molecular weight excluding hydrogens is 263 g/mol. The van der Waals surface area contributed by atoms with E-state index >= 15 is 0 Å². The van der Waals surface area contributed by atoms with Gasteiger partial charge in [0.25, 0.3) is 0 Å².